The van der Waals surface area contributed by atoms with Gasteiger partial charge in [-0.25, -0.2) is 0 Å². The molecular formula is C17H16BrClN2. The molecule has 108 valence electrons. The van der Waals surface area contributed by atoms with Gasteiger partial charge in [-0.15, -0.1) is 0 Å². The number of fused-ring (bicyclic) bond motifs is 1. The van der Waals surface area contributed by atoms with Gasteiger partial charge in [-0.1, -0.05) is 35.9 Å². The molecule has 0 bridgehead atoms. The van der Waals surface area contributed by atoms with Crippen LogP contribution in [0.2, 0.25) is 5.02 Å². The molecule has 1 N–H and O–H groups in total. The lowest BCUT2D eigenvalue weighted by atomic mass is 10.1. The first kappa shape index (κ1) is 14.5. The van der Waals surface area contributed by atoms with Gasteiger partial charge in [-0.3, -0.25) is 0 Å². The minimum atomic E-state index is 0.716. The van der Waals surface area contributed by atoms with Crippen molar-refractivity contribution in [3.05, 3.63) is 63.2 Å². The van der Waals surface area contributed by atoms with Crippen molar-refractivity contribution in [2.24, 2.45) is 7.05 Å². The summed E-state index contributed by atoms with van der Waals surface area (Å²) in [6.07, 6.45) is 0. The second kappa shape index (κ2) is 5.74. The van der Waals surface area contributed by atoms with Crippen molar-refractivity contribution in [2.45, 2.75) is 13.5 Å². The molecule has 0 unspecified atom stereocenters. The number of aryl methyl sites for hydroxylation is 2. The van der Waals surface area contributed by atoms with Crippen LogP contribution >= 0.6 is 27.5 Å². The number of hydrogen-bond donors (Lipinski definition) is 1. The van der Waals surface area contributed by atoms with Gasteiger partial charge in [0.15, 0.2) is 0 Å². The Morgan fingerprint density at radius 2 is 1.90 bits per heavy atom. The van der Waals surface area contributed by atoms with Crippen LogP contribution in [0.5, 0.6) is 0 Å². The summed E-state index contributed by atoms with van der Waals surface area (Å²) in [4.78, 5) is 0. The zero-order chi connectivity index (χ0) is 15.0. The first-order valence-corrected chi connectivity index (χ1v) is 7.97. The number of benzene rings is 2. The van der Waals surface area contributed by atoms with Crippen LogP contribution in [0.15, 0.2) is 46.9 Å². The molecule has 1 aromatic heterocycles. The molecular weight excluding hydrogens is 348 g/mol. The topological polar surface area (TPSA) is 17.0 Å². The highest BCUT2D eigenvalue weighted by atomic mass is 79.9. The Labute approximate surface area is 137 Å². The van der Waals surface area contributed by atoms with E-state index in [0.29, 0.717) is 5.02 Å². The molecule has 0 aliphatic rings. The Kier molecular flexibility index (Phi) is 3.96. The first-order chi connectivity index (χ1) is 10.1. The largest absolute Gasteiger partial charge is 0.379 e. The number of hydrogen-bond acceptors (Lipinski definition) is 1. The normalized spacial score (nSPS) is 11.0. The van der Waals surface area contributed by atoms with Gasteiger partial charge in [0, 0.05) is 23.6 Å². The van der Waals surface area contributed by atoms with Gasteiger partial charge < -0.3 is 9.88 Å². The molecule has 1 heterocycles. The van der Waals surface area contributed by atoms with Crippen LogP contribution in [0, 0.1) is 6.92 Å². The maximum absolute atomic E-state index is 6.13. The van der Waals surface area contributed by atoms with Gasteiger partial charge in [0.05, 0.1) is 21.7 Å². The third-order valence-electron chi connectivity index (χ3n) is 3.91. The summed E-state index contributed by atoms with van der Waals surface area (Å²) in [5.74, 6) is 0. The Hall–Kier alpha value is -1.45. The van der Waals surface area contributed by atoms with Gasteiger partial charge in [0.25, 0.3) is 0 Å². The highest BCUT2D eigenvalue weighted by molar-refractivity contribution is 9.10. The molecule has 0 aliphatic heterocycles. The van der Waals surface area contributed by atoms with E-state index >= 15 is 0 Å². The molecule has 0 fully saturated rings. The molecule has 3 rings (SSSR count). The zero-order valence-electron chi connectivity index (χ0n) is 12.0. The molecule has 0 radical (unpaired) electrons. The molecule has 2 aromatic carbocycles. The Morgan fingerprint density at radius 3 is 2.67 bits per heavy atom. The summed E-state index contributed by atoms with van der Waals surface area (Å²) in [5, 5.41) is 5.48. The van der Waals surface area contributed by atoms with Crippen LogP contribution in [0.3, 0.4) is 0 Å². The quantitative estimate of drug-likeness (QED) is 0.649. The van der Waals surface area contributed by atoms with Gasteiger partial charge >= 0.3 is 0 Å². The molecule has 21 heavy (non-hydrogen) atoms. The van der Waals surface area contributed by atoms with E-state index in [2.05, 4.69) is 64.1 Å². The molecule has 0 atom stereocenters. The Balaban J connectivity index is 1.94. The van der Waals surface area contributed by atoms with E-state index in [4.69, 9.17) is 11.6 Å². The summed E-state index contributed by atoms with van der Waals surface area (Å²) in [7, 11) is 2.11. The predicted molar refractivity (Wildman–Crippen MR) is 94.1 cm³/mol. The summed E-state index contributed by atoms with van der Waals surface area (Å²) in [6, 6.07) is 14.3. The van der Waals surface area contributed by atoms with E-state index in [1.54, 1.807) is 0 Å². The number of aromatic nitrogens is 1. The van der Waals surface area contributed by atoms with Crippen LogP contribution in [0.4, 0.5) is 5.69 Å². The van der Waals surface area contributed by atoms with Gasteiger partial charge in [-0.2, -0.15) is 0 Å². The SMILES string of the molecule is Cc1c(CNc2cccc(Cl)c2Br)n(C)c2ccccc12. The van der Waals surface area contributed by atoms with E-state index in [1.807, 2.05) is 18.2 Å². The molecule has 0 amide bonds. The smallest absolute Gasteiger partial charge is 0.0593 e. The van der Waals surface area contributed by atoms with Gasteiger partial charge in [-0.05, 0) is 46.6 Å². The van der Waals surface area contributed by atoms with Crippen molar-refractivity contribution in [1.29, 1.82) is 0 Å². The van der Waals surface area contributed by atoms with Crippen LogP contribution in [0.25, 0.3) is 10.9 Å². The summed E-state index contributed by atoms with van der Waals surface area (Å²) < 4.78 is 3.15. The fourth-order valence-corrected chi connectivity index (χ4v) is 3.29. The maximum Gasteiger partial charge on any atom is 0.0593 e. The van der Waals surface area contributed by atoms with Crippen LogP contribution in [-0.4, -0.2) is 4.57 Å². The van der Waals surface area contributed by atoms with E-state index < -0.39 is 0 Å². The third-order valence-corrected chi connectivity index (χ3v) is 5.30. The standard InChI is InChI=1S/C17H16BrClN2/c1-11-12-6-3-4-9-15(12)21(2)16(11)10-20-14-8-5-7-13(19)17(14)18/h3-9,20H,10H2,1-2H3. The lowest BCUT2D eigenvalue weighted by molar-refractivity contribution is 0.862. The second-order valence-corrected chi connectivity index (χ2v) is 6.30. The molecule has 0 aliphatic carbocycles. The maximum atomic E-state index is 6.13. The Bertz CT molecular complexity index is 769. The van der Waals surface area contributed by atoms with Crippen LogP contribution in [-0.2, 0) is 13.6 Å². The number of nitrogens with zero attached hydrogens (tertiary/aromatic N) is 1. The average Bonchev–Trinajstić information content (AvgIpc) is 2.73. The fourth-order valence-electron chi connectivity index (χ4n) is 2.71. The molecule has 2 nitrogen and oxygen atoms in total. The van der Waals surface area contributed by atoms with E-state index in [-0.39, 0.29) is 0 Å². The minimum Gasteiger partial charge on any atom is -0.379 e. The lowest BCUT2D eigenvalue weighted by Crippen LogP contribution is -2.06. The van der Waals surface area contributed by atoms with Crippen LogP contribution < -0.4 is 5.32 Å². The average molecular weight is 364 g/mol. The number of para-hydroxylation sites is 1. The van der Waals surface area contributed by atoms with E-state index in [1.165, 1.54) is 22.2 Å². The highest BCUT2D eigenvalue weighted by Crippen LogP contribution is 2.31. The predicted octanol–water partition coefficient (Wildman–Crippen LogP) is 5.51. The van der Waals surface area contributed by atoms with Gasteiger partial charge in [0.2, 0.25) is 0 Å². The number of anilines is 1. The van der Waals surface area contributed by atoms with Crippen LogP contribution in [0.1, 0.15) is 11.3 Å². The van der Waals surface area contributed by atoms with Crippen molar-refractivity contribution >= 4 is 44.1 Å². The van der Waals surface area contributed by atoms with Crippen molar-refractivity contribution in [2.75, 3.05) is 5.32 Å². The van der Waals surface area contributed by atoms with Crippen molar-refractivity contribution < 1.29 is 0 Å². The van der Waals surface area contributed by atoms with Crippen molar-refractivity contribution in [3.8, 4) is 0 Å². The van der Waals surface area contributed by atoms with E-state index in [0.717, 1.165) is 16.7 Å². The lowest BCUT2D eigenvalue weighted by Gasteiger charge is -2.11. The van der Waals surface area contributed by atoms with Crippen molar-refractivity contribution in [3.63, 3.8) is 0 Å². The third kappa shape index (κ3) is 2.56. The van der Waals surface area contributed by atoms with E-state index in [9.17, 15) is 0 Å². The zero-order valence-corrected chi connectivity index (χ0v) is 14.3. The highest BCUT2D eigenvalue weighted by Gasteiger charge is 2.11. The number of rotatable bonds is 3. The monoisotopic (exact) mass is 362 g/mol. The molecule has 0 spiro atoms. The second-order valence-electron chi connectivity index (χ2n) is 5.10. The summed E-state index contributed by atoms with van der Waals surface area (Å²) in [5.41, 5.74) is 4.87. The minimum absolute atomic E-state index is 0.716. The molecule has 0 saturated heterocycles. The molecule has 3 aromatic rings. The number of nitrogens with one attached hydrogen (secondary N) is 1. The molecule has 4 heteroatoms. The molecule has 0 saturated carbocycles. The Morgan fingerprint density at radius 1 is 1.14 bits per heavy atom. The summed E-state index contributed by atoms with van der Waals surface area (Å²) >= 11 is 9.65. The van der Waals surface area contributed by atoms with Gasteiger partial charge in [0.1, 0.15) is 0 Å². The fraction of sp³-hybridized carbons (Fsp3) is 0.176. The first-order valence-electron chi connectivity index (χ1n) is 6.80. The summed E-state index contributed by atoms with van der Waals surface area (Å²) in [6.45, 7) is 2.93. The van der Waals surface area contributed by atoms with Crippen molar-refractivity contribution in [1.82, 2.24) is 4.57 Å². The number of halogens is 2.